The first-order valence-electron chi connectivity index (χ1n) is 16.9. The van der Waals surface area contributed by atoms with Gasteiger partial charge in [-0.2, -0.15) is 0 Å². The molecular weight excluding hydrogens is 630 g/mol. The van der Waals surface area contributed by atoms with Gasteiger partial charge in [0.1, 0.15) is 11.6 Å². The van der Waals surface area contributed by atoms with Crippen LogP contribution in [0.25, 0.3) is 11.1 Å². The molecule has 5 rings (SSSR count). The first kappa shape index (κ1) is 35.3. The lowest BCUT2D eigenvalue weighted by Crippen LogP contribution is -2.48. The number of hydrogen-bond donors (Lipinski definition) is 2. The zero-order valence-electron chi connectivity index (χ0n) is 28.6. The fourth-order valence-corrected chi connectivity index (χ4v) is 7.62. The normalized spacial score (nSPS) is 18.4. The number of aryl methyl sites for hydroxylation is 1. The molecule has 2 aliphatic rings. The SMILES string of the molecule is CCCCC1=N[C@](C)(CNC(=O)C2CCCC2)C(=O)N1Cc1ccc(-c2ccccc2S(=O)(=O)Nc2noc(C)c2C)c(COCC)c1. The molecule has 0 spiro atoms. The van der Waals surface area contributed by atoms with Crippen molar-refractivity contribution < 1.29 is 27.3 Å². The minimum Gasteiger partial charge on any atom is -0.377 e. The number of carbonyl (C=O) groups is 2. The monoisotopic (exact) mass is 677 g/mol. The Bertz CT molecular complexity index is 1780. The van der Waals surface area contributed by atoms with E-state index < -0.39 is 15.6 Å². The second-order valence-electron chi connectivity index (χ2n) is 12.9. The summed E-state index contributed by atoms with van der Waals surface area (Å²) in [6.45, 7) is 10.4. The molecule has 2 aromatic carbocycles. The van der Waals surface area contributed by atoms with Crippen LogP contribution in [0.1, 0.15) is 88.2 Å². The Hall–Kier alpha value is -4.03. The number of rotatable bonds is 15. The van der Waals surface area contributed by atoms with E-state index in [0.29, 0.717) is 42.0 Å². The first-order valence-corrected chi connectivity index (χ1v) is 18.4. The number of carbonyl (C=O) groups excluding carboxylic acids is 2. The Morgan fingerprint density at radius 1 is 1.10 bits per heavy atom. The summed E-state index contributed by atoms with van der Waals surface area (Å²) in [6, 6.07) is 12.6. The molecule has 1 aromatic heterocycles. The van der Waals surface area contributed by atoms with Gasteiger partial charge in [0.05, 0.1) is 24.6 Å². The van der Waals surface area contributed by atoms with Gasteiger partial charge in [-0.1, -0.05) is 67.7 Å². The van der Waals surface area contributed by atoms with E-state index in [2.05, 4.69) is 22.1 Å². The van der Waals surface area contributed by atoms with E-state index in [1.807, 2.05) is 25.1 Å². The van der Waals surface area contributed by atoms with Gasteiger partial charge in [-0.3, -0.25) is 24.2 Å². The van der Waals surface area contributed by atoms with Gasteiger partial charge < -0.3 is 14.6 Å². The van der Waals surface area contributed by atoms with Gasteiger partial charge in [0, 0.05) is 30.1 Å². The highest BCUT2D eigenvalue weighted by molar-refractivity contribution is 7.92. The minimum absolute atomic E-state index is 0.00482. The molecule has 3 aromatic rings. The van der Waals surface area contributed by atoms with Gasteiger partial charge in [-0.15, -0.1) is 0 Å². The van der Waals surface area contributed by atoms with E-state index >= 15 is 0 Å². The van der Waals surface area contributed by atoms with Crippen molar-refractivity contribution in [3.8, 4) is 11.1 Å². The number of anilines is 1. The summed E-state index contributed by atoms with van der Waals surface area (Å²) in [4.78, 5) is 33.5. The number of sulfonamides is 1. The highest BCUT2D eigenvalue weighted by Crippen LogP contribution is 2.34. The average Bonchev–Trinajstić information content (AvgIpc) is 3.79. The van der Waals surface area contributed by atoms with Crippen LogP contribution < -0.4 is 10.0 Å². The molecule has 12 heteroatoms. The molecule has 2 amide bonds. The Kier molecular flexibility index (Phi) is 11.0. The predicted molar refractivity (Wildman–Crippen MR) is 185 cm³/mol. The second kappa shape index (κ2) is 15.0. The first-order chi connectivity index (χ1) is 23.0. The van der Waals surface area contributed by atoms with Crippen LogP contribution in [0.5, 0.6) is 0 Å². The van der Waals surface area contributed by atoms with Crippen LogP contribution in [0.2, 0.25) is 0 Å². The molecule has 1 saturated carbocycles. The highest BCUT2D eigenvalue weighted by Gasteiger charge is 2.44. The van der Waals surface area contributed by atoms with Crippen molar-refractivity contribution in [2.24, 2.45) is 10.9 Å². The number of amidine groups is 1. The van der Waals surface area contributed by atoms with Crippen LogP contribution in [0.15, 0.2) is 56.9 Å². The number of ether oxygens (including phenoxy) is 1. The van der Waals surface area contributed by atoms with Crippen molar-refractivity contribution in [3.63, 3.8) is 0 Å². The van der Waals surface area contributed by atoms with E-state index in [1.165, 1.54) is 0 Å². The molecule has 1 aliphatic carbocycles. The lowest BCUT2D eigenvalue weighted by Gasteiger charge is -2.24. The van der Waals surface area contributed by atoms with E-state index in [-0.39, 0.29) is 41.6 Å². The maximum atomic E-state index is 14.0. The van der Waals surface area contributed by atoms with Crippen LogP contribution >= 0.6 is 0 Å². The number of nitrogens with zero attached hydrogens (tertiary/aromatic N) is 3. The molecular formula is C36H47N5O6S. The van der Waals surface area contributed by atoms with Gasteiger partial charge in [0.15, 0.2) is 11.4 Å². The Morgan fingerprint density at radius 2 is 1.85 bits per heavy atom. The molecule has 1 atom stereocenters. The van der Waals surface area contributed by atoms with Crippen LogP contribution in [-0.4, -0.2) is 54.8 Å². The number of aliphatic imine (C=N–C) groups is 1. The Balaban J connectivity index is 1.43. The fourth-order valence-electron chi connectivity index (χ4n) is 6.34. The van der Waals surface area contributed by atoms with Gasteiger partial charge >= 0.3 is 0 Å². The quantitative estimate of drug-likeness (QED) is 0.192. The molecule has 0 bridgehead atoms. The van der Waals surface area contributed by atoms with Gasteiger partial charge in [-0.05, 0) is 69.7 Å². The third-order valence-corrected chi connectivity index (χ3v) is 10.7. The van der Waals surface area contributed by atoms with Gasteiger partial charge in [-0.25, -0.2) is 8.42 Å². The number of aromatic nitrogens is 1. The molecule has 2 N–H and O–H groups in total. The van der Waals surface area contributed by atoms with Crippen molar-refractivity contribution in [2.75, 3.05) is 17.9 Å². The molecule has 0 saturated heterocycles. The van der Waals surface area contributed by atoms with Crippen molar-refractivity contribution in [1.82, 2.24) is 15.4 Å². The molecule has 0 radical (unpaired) electrons. The maximum Gasteiger partial charge on any atom is 0.263 e. The van der Waals surface area contributed by atoms with Crippen LogP contribution in [0, 0.1) is 19.8 Å². The highest BCUT2D eigenvalue weighted by atomic mass is 32.2. The van der Waals surface area contributed by atoms with Crippen molar-refractivity contribution in [1.29, 1.82) is 0 Å². The van der Waals surface area contributed by atoms with Gasteiger partial charge in [0.2, 0.25) is 5.91 Å². The van der Waals surface area contributed by atoms with E-state index in [9.17, 15) is 18.0 Å². The second-order valence-corrected chi connectivity index (χ2v) is 14.6. The van der Waals surface area contributed by atoms with E-state index in [4.69, 9.17) is 14.3 Å². The Morgan fingerprint density at radius 3 is 2.54 bits per heavy atom. The summed E-state index contributed by atoms with van der Waals surface area (Å²) in [5, 5.41) is 6.90. The zero-order valence-corrected chi connectivity index (χ0v) is 29.4. The smallest absolute Gasteiger partial charge is 0.263 e. The third-order valence-electron chi connectivity index (χ3n) is 9.31. The standard InChI is InChI=1S/C36H47N5O6S/c1-6-8-17-32-38-36(5,23-37-34(42)27-13-9-10-14-27)35(43)41(32)21-26-18-19-29(28(20-26)22-46-7-2)30-15-11-12-16-31(30)48(44,45)40-33-24(3)25(4)47-39-33/h11-12,15-16,18-20,27H,6-10,13-14,17,21-23H2,1-5H3,(H,37,42)(H,39,40)/t36-/m1/s1. The number of benzene rings is 2. The summed E-state index contributed by atoms with van der Waals surface area (Å²) in [5.41, 5.74) is 2.40. The summed E-state index contributed by atoms with van der Waals surface area (Å²) >= 11 is 0. The summed E-state index contributed by atoms with van der Waals surface area (Å²) < 4.78 is 40.9. The molecule has 1 fully saturated rings. The zero-order chi connectivity index (χ0) is 34.5. The number of nitrogens with one attached hydrogen (secondary N) is 2. The van der Waals surface area contributed by atoms with E-state index in [0.717, 1.165) is 55.5 Å². The summed E-state index contributed by atoms with van der Waals surface area (Å²) in [7, 11) is -4.03. The van der Waals surface area contributed by atoms with Crippen LogP contribution in [0.3, 0.4) is 0 Å². The minimum atomic E-state index is -4.03. The van der Waals surface area contributed by atoms with Crippen molar-refractivity contribution in [3.05, 3.63) is 64.9 Å². The average molecular weight is 678 g/mol. The topological polar surface area (TPSA) is 143 Å². The largest absolute Gasteiger partial charge is 0.377 e. The maximum absolute atomic E-state index is 14.0. The molecule has 258 valence electrons. The fraction of sp³-hybridized carbons (Fsp3) is 0.500. The molecule has 48 heavy (non-hydrogen) atoms. The molecule has 2 heterocycles. The Labute approximate surface area is 283 Å². The van der Waals surface area contributed by atoms with Crippen LogP contribution in [-0.2, 0) is 37.5 Å². The summed E-state index contributed by atoms with van der Waals surface area (Å²) in [6.07, 6.45) is 6.40. The lowest BCUT2D eigenvalue weighted by atomic mass is 9.97. The van der Waals surface area contributed by atoms with Crippen LogP contribution in [0.4, 0.5) is 5.82 Å². The number of unbranched alkanes of at least 4 members (excludes halogenated alkanes) is 1. The lowest BCUT2D eigenvalue weighted by molar-refractivity contribution is -0.131. The van der Waals surface area contributed by atoms with Crippen molar-refractivity contribution in [2.45, 2.75) is 103 Å². The molecule has 11 nitrogen and oxygen atoms in total. The van der Waals surface area contributed by atoms with Crippen molar-refractivity contribution >= 4 is 33.5 Å². The molecule has 1 aliphatic heterocycles. The van der Waals surface area contributed by atoms with Gasteiger partial charge in [0.25, 0.3) is 15.9 Å². The molecule has 0 unspecified atom stereocenters. The number of hydrogen-bond acceptors (Lipinski definition) is 8. The van der Waals surface area contributed by atoms with E-state index in [1.54, 1.807) is 49.9 Å². The summed E-state index contributed by atoms with van der Waals surface area (Å²) in [5.74, 6) is 1.27. The third kappa shape index (κ3) is 7.65. The predicted octanol–water partition coefficient (Wildman–Crippen LogP) is 6.29. The number of amides is 2.